The van der Waals surface area contributed by atoms with Crippen LogP contribution in [0.4, 0.5) is 5.82 Å². The molecule has 0 spiro atoms. The van der Waals surface area contributed by atoms with E-state index in [0.717, 1.165) is 18.8 Å². The van der Waals surface area contributed by atoms with Crippen molar-refractivity contribution in [3.05, 3.63) is 30.6 Å². The lowest BCUT2D eigenvalue weighted by Gasteiger charge is -2.12. The van der Waals surface area contributed by atoms with Crippen LogP contribution in [0.25, 0.3) is 0 Å². The number of nitrogens with one attached hydrogen (secondary N) is 1. The Morgan fingerprint density at radius 3 is 2.68 bits per heavy atom. The second-order valence-corrected chi connectivity index (χ2v) is 4.51. The van der Waals surface area contributed by atoms with Gasteiger partial charge in [0.2, 0.25) is 0 Å². The maximum Gasteiger partial charge on any atom is 0.257 e. The van der Waals surface area contributed by atoms with Gasteiger partial charge in [-0.3, -0.25) is 0 Å². The van der Waals surface area contributed by atoms with Crippen LogP contribution in [0.1, 0.15) is 19.7 Å². The lowest BCUT2D eigenvalue weighted by molar-refractivity contribution is 0.233. The van der Waals surface area contributed by atoms with Crippen LogP contribution in [0.15, 0.2) is 24.8 Å². The number of ether oxygens (including phenoxy) is 1. The molecule has 0 saturated heterocycles. The fourth-order valence-electron chi connectivity index (χ4n) is 1.69. The molecule has 0 radical (unpaired) electrons. The van der Waals surface area contributed by atoms with E-state index in [0.29, 0.717) is 11.7 Å². The summed E-state index contributed by atoms with van der Waals surface area (Å²) in [7, 11) is 1.98. The molecule has 2 rings (SSSR count). The number of imidazole rings is 1. The van der Waals surface area contributed by atoms with Crippen molar-refractivity contribution >= 4 is 5.82 Å². The molecular formula is C13H19N5O. The average molecular weight is 261 g/mol. The lowest BCUT2D eigenvalue weighted by Crippen LogP contribution is -2.13. The number of aryl methyl sites for hydroxylation is 1. The van der Waals surface area contributed by atoms with Gasteiger partial charge in [-0.25, -0.2) is 15.0 Å². The summed E-state index contributed by atoms with van der Waals surface area (Å²) in [5.74, 6) is 2.24. The summed E-state index contributed by atoms with van der Waals surface area (Å²) in [5, 5.41) is 3.23. The van der Waals surface area contributed by atoms with Crippen LogP contribution in [0.3, 0.4) is 0 Å². The van der Waals surface area contributed by atoms with Gasteiger partial charge in [-0.2, -0.15) is 0 Å². The number of nitrogens with zero attached hydrogens (tertiary/aromatic N) is 4. The van der Waals surface area contributed by atoms with Crippen LogP contribution in [-0.2, 0) is 13.5 Å². The zero-order valence-electron chi connectivity index (χ0n) is 11.5. The Bertz CT molecular complexity index is 523. The Hall–Kier alpha value is -2.11. The summed E-state index contributed by atoms with van der Waals surface area (Å²) >= 11 is 0. The molecule has 2 aromatic heterocycles. The molecule has 0 fully saturated rings. The molecule has 0 aliphatic heterocycles. The number of aromatic nitrogens is 4. The molecule has 0 atom stereocenters. The van der Waals surface area contributed by atoms with Gasteiger partial charge in [0.15, 0.2) is 5.82 Å². The average Bonchev–Trinajstić information content (AvgIpc) is 2.77. The zero-order valence-corrected chi connectivity index (χ0v) is 11.5. The van der Waals surface area contributed by atoms with Gasteiger partial charge in [-0.05, 0) is 13.8 Å². The molecule has 0 aromatic carbocycles. The molecule has 6 heteroatoms. The molecule has 19 heavy (non-hydrogen) atoms. The molecule has 0 aliphatic carbocycles. The predicted octanol–water partition coefficient (Wildman–Crippen LogP) is 1.65. The van der Waals surface area contributed by atoms with Crippen molar-refractivity contribution in [3.63, 3.8) is 0 Å². The monoisotopic (exact) mass is 261 g/mol. The first-order chi connectivity index (χ1) is 9.16. The Balaban J connectivity index is 1.94. The molecule has 0 amide bonds. The van der Waals surface area contributed by atoms with Gasteiger partial charge < -0.3 is 14.6 Å². The van der Waals surface area contributed by atoms with Crippen LogP contribution < -0.4 is 10.1 Å². The van der Waals surface area contributed by atoms with Crippen molar-refractivity contribution in [2.24, 2.45) is 7.05 Å². The molecule has 0 aliphatic rings. The quantitative estimate of drug-likeness (QED) is 0.856. The van der Waals surface area contributed by atoms with Gasteiger partial charge >= 0.3 is 0 Å². The van der Waals surface area contributed by atoms with Gasteiger partial charge in [0.05, 0.1) is 6.10 Å². The SMILES string of the molecule is CC(C)Oc1nccnc1NCCc1nccn1C. The van der Waals surface area contributed by atoms with Crippen molar-refractivity contribution in [2.75, 3.05) is 11.9 Å². The lowest BCUT2D eigenvalue weighted by atomic mass is 10.4. The topological polar surface area (TPSA) is 64.9 Å². The van der Waals surface area contributed by atoms with E-state index in [2.05, 4.69) is 20.3 Å². The number of hydrogen-bond donors (Lipinski definition) is 1. The fraction of sp³-hybridized carbons (Fsp3) is 0.462. The summed E-state index contributed by atoms with van der Waals surface area (Å²) in [6.45, 7) is 4.66. The highest BCUT2D eigenvalue weighted by Gasteiger charge is 2.08. The van der Waals surface area contributed by atoms with Crippen LogP contribution in [0.5, 0.6) is 5.88 Å². The minimum absolute atomic E-state index is 0.0757. The first-order valence-corrected chi connectivity index (χ1v) is 6.34. The largest absolute Gasteiger partial charge is 0.472 e. The third-order valence-corrected chi connectivity index (χ3v) is 2.57. The maximum absolute atomic E-state index is 5.60. The summed E-state index contributed by atoms with van der Waals surface area (Å²) in [6, 6.07) is 0. The Kier molecular flexibility index (Phi) is 4.33. The van der Waals surface area contributed by atoms with Crippen LogP contribution >= 0.6 is 0 Å². The van der Waals surface area contributed by atoms with Crippen molar-refractivity contribution in [2.45, 2.75) is 26.4 Å². The highest BCUT2D eigenvalue weighted by Crippen LogP contribution is 2.18. The van der Waals surface area contributed by atoms with Crippen molar-refractivity contribution < 1.29 is 4.74 Å². The van der Waals surface area contributed by atoms with Crippen molar-refractivity contribution in [1.82, 2.24) is 19.5 Å². The van der Waals surface area contributed by atoms with E-state index in [-0.39, 0.29) is 6.10 Å². The van der Waals surface area contributed by atoms with E-state index in [1.54, 1.807) is 18.6 Å². The standard InChI is InChI=1S/C13H19N5O/c1-10(2)19-13-12(16-6-7-17-13)15-5-4-11-14-8-9-18(11)3/h6-10H,4-5H2,1-3H3,(H,15,16). The van der Waals surface area contributed by atoms with E-state index in [4.69, 9.17) is 4.74 Å². The highest BCUT2D eigenvalue weighted by molar-refractivity contribution is 5.44. The smallest absolute Gasteiger partial charge is 0.257 e. The summed E-state index contributed by atoms with van der Waals surface area (Å²) in [4.78, 5) is 12.7. The van der Waals surface area contributed by atoms with Gasteiger partial charge in [-0.15, -0.1) is 0 Å². The van der Waals surface area contributed by atoms with Gasteiger partial charge in [0.25, 0.3) is 5.88 Å². The number of rotatable bonds is 6. The third kappa shape index (κ3) is 3.67. The first kappa shape index (κ1) is 13.3. The molecular weight excluding hydrogens is 242 g/mol. The van der Waals surface area contributed by atoms with Gasteiger partial charge in [0, 0.05) is 44.8 Å². The Labute approximate surface area is 112 Å². The number of hydrogen-bond acceptors (Lipinski definition) is 5. The van der Waals surface area contributed by atoms with E-state index in [1.165, 1.54) is 0 Å². The maximum atomic E-state index is 5.60. The second-order valence-electron chi connectivity index (χ2n) is 4.51. The van der Waals surface area contributed by atoms with Crippen molar-refractivity contribution in [1.29, 1.82) is 0 Å². The molecule has 0 bridgehead atoms. The Morgan fingerprint density at radius 2 is 2.00 bits per heavy atom. The summed E-state index contributed by atoms with van der Waals surface area (Å²) in [5.41, 5.74) is 0. The second kappa shape index (κ2) is 6.17. The zero-order chi connectivity index (χ0) is 13.7. The molecule has 2 aromatic rings. The van der Waals surface area contributed by atoms with Crippen molar-refractivity contribution in [3.8, 4) is 5.88 Å². The van der Waals surface area contributed by atoms with E-state index >= 15 is 0 Å². The van der Waals surface area contributed by atoms with Gasteiger partial charge in [0.1, 0.15) is 5.82 Å². The molecule has 0 unspecified atom stereocenters. The van der Waals surface area contributed by atoms with Crippen LogP contribution in [0.2, 0.25) is 0 Å². The first-order valence-electron chi connectivity index (χ1n) is 6.34. The molecule has 0 saturated carbocycles. The van der Waals surface area contributed by atoms with Crippen LogP contribution in [-0.4, -0.2) is 32.2 Å². The molecule has 102 valence electrons. The summed E-state index contributed by atoms with van der Waals surface area (Å²) in [6.07, 6.45) is 7.90. The number of anilines is 1. The minimum atomic E-state index is 0.0757. The minimum Gasteiger partial charge on any atom is -0.472 e. The fourth-order valence-corrected chi connectivity index (χ4v) is 1.69. The predicted molar refractivity (Wildman–Crippen MR) is 73.2 cm³/mol. The molecule has 6 nitrogen and oxygen atoms in total. The third-order valence-electron chi connectivity index (χ3n) is 2.57. The normalized spacial score (nSPS) is 10.7. The summed E-state index contributed by atoms with van der Waals surface area (Å²) < 4.78 is 7.60. The van der Waals surface area contributed by atoms with E-state index < -0.39 is 0 Å². The highest BCUT2D eigenvalue weighted by atomic mass is 16.5. The molecule has 1 N–H and O–H groups in total. The van der Waals surface area contributed by atoms with E-state index in [9.17, 15) is 0 Å². The molecule has 2 heterocycles. The van der Waals surface area contributed by atoms with Crippen LogP contribution in [0, 0.1) is 0 Å². The van der Waals surface area contributed by atoms with E-state index in [1.807, 2.05) is 31.7 Å². The Morgan fingerprint density at radius 1 is 1.21 bits per heavy atom. The van der Waals surface area contributed by atoms with Gasteiger partial charge in [-0.1, -0.05) is 0 Å².